The highest BCUT2D eigenvalue weighted by Gasteiger charge is 2.35. The van der Waals surface area contributed by atoms with Gasteiger partial charge in [0.05, 0.1) is 12.0 Å². The zero-order chi connectivity index (χ0) is 18.6. The average Bonchev–Trinajstić information content (AvgIpc) is 3.20. The van der Waals surface area contributed by atoms with Crippen molar-refractivity contribution >= 4 is 11.8 Å². The number of benzene rings is 1. The van der Waals surface area contributed by atoms with E-state index in [1.807, 2.05) is 54.0 Å². The number of nitrogens with zero attached hydrogens (tertiary/aromatic N) is 5. The van der Waals surface area contributed by atoms with E-state index in [0.717, 1.165) is 5.56 Å². The molecule has 2 aromatic rings. The predicted molar refractivity (Wildman–Crippen MR) is 97.3 cm³/mol. The maximum Gasteiger partial charge on any atom is 0.232 e. The fraction of sp³-hybridized carbons (Fsp3) is 0.474. The lowest BCUT2D eigenvalue weighted by atomic mass is 9.83. The zero-order valence-corrected chi connectivity index (χ0v) is 15.3. The number of carbonyl (C=O) groups is 2. The lowest BCUT2D eigenvalue weighted by Crippen LogP contribution is -2.54. The Bertz CT molecular complexity index is 735. The van der Waals surface area contributed by atoms with E-state index in [2.05, 4.69) is 10.1 Å². The predicted octanol–water partition coefficient (Wildman–Crippen LogP) is 1.32. The van der Waals surface area contributed by atoms with Gasteiger partial charge in [-0.1, -0.05) is 30.3 Å². The van der Waals surface area contributed by atoms with E-state index >= 15 is 0 Å². The third-order valence-corrected chi connectivity index (χ3v) is 4.97. The van der Waals surface area contributed by atoms with Gasteiger partial charge >= 0.3 is 0 Å². The number of aryl methyl sites for hydroxylation is 1. The van der Waals surface area contributed by atoms with Crippen LogP contribution in [-0.2, 0) is 21.5 Å². The number of piperazine rings is 1. The van der Waals surface area contributed by atoms with Crippen molar-refractivity contribution in [2.75, 3.05) is 26.2 Å². The Morgan fingerprint density at radius 3 is 2.31 bits per heavy atom. The highest BCUT2D eigenvalue weighted by Crippen LogP contribution is 2.26. The molecule has 1 aliphatic heterocycles. The molecule has 26 heavy (non-hydrogen) atoms. The molecule has 1 saturated heterocycles. The van der Waals surface area contributed by atoms with Gasteiger partial charge in [0.2, 0.25) is 11.8 Å². The molecule has 138 valence electrons. The Balaban J connectivity index is 1.53. The third-order valence-electron chi connectivity index (χ3n) is 4.97. The first-order chi connectivity index (χ1) is 12.5. The molecule has 0 saturated carbocycles. The molecule has 1 aromatic heterocycles. The second kappa shape index (κ2) is 7.68. The molecule has 7 nitrogen and oxygen atoms in total. The summed E-state index contributed by atoms with van der Waals surface area (Å²) in [5.41, 5.74) is 0.442. The summed E-state index contributed by atoms with van der Waals surface area (Å²) in [5, 5.41) is 4.01. The van der Waals surface area contributed by atoms with Crippen molar-refractivity contribution < 1.29 is 9.59 Å². The van der Waals surface area contributed by atoms with Crippen LogP contribution >= 0.6 is 0 Å². The van der Waals surface area contributed by atoms with Crippen molar-refractivity contribution in [1.29, 1.82) is 0 Å². The molecule has 0 radical (unpaired) electrons. The van der Waals surface area contributed by atoms with Crippen molar-refractivity contribution in [3.05, 3.63) is 48.5 Å². The molecule has 0 unspecified atom stereocenters. The molecule has 1 fully saturated rings. The standard InChI is InChI=1S/C19H25N5O2/c1-19(2,16-6-4-3-5-7-16)18(26)23-12-10-22(11-13-23)17(25)8-9-24-15-20-14-21-24/h3-7,14-15H,8-13H2,1-2H3. The minimum absolute atomic E-state index is 0.0925. The molecule has 1 aromatic carbocycles. The second-order valence-electron chi connectivity index (χ2n) is 7.07. The minimum Gasteiger partial charge on any atom is -0.339 e. The zero-order valence-electron chi connectivity index (χ0n) is 15.3. The number of carbonyl (C=O) groups excluding carboxylic acids is 2. The Labute approximate surface area is 153 Å². The number of amides is 2. The number of rotatable bonds is 5. The molecule has 3 rings (SSSR count). The molecule has 0 bridgehead atoms. The first-order valence-corrected chi connectivity index (χ1v) is 8.93. The summed E-state index contributed by atoms with van der Waals surface area (Å²) in [6, 6.07) is 9.84. The van der Waals surface area contributed by atoms with Crippen molar-refractivity contribution in [2.45, 2.75) is 32.2 Å². The van der Waals surface area contributed by atoms with E-state index in [1.165, 1.54) is 6.33 Å². The van der Waals surface area contributed by atoms with Crippen LogP contribution in [0, 0.1) is 0 Å². The van der Waals surface area contributed by atoms with Gasteiger partial charge in [-0.2, -0.15) is 5.10 Å². The van der Waals surface area contributed by atoms with Gasteiger partial charge in [-0.25, -0.2) is 4.98 Å². The molecule has 0 N–H and O–H groups in total. The third kappa shape index (κ3) is 3.92. The summed E-state index contributed by atoms with van der Waals surface area (Å²) >= 11 is 0. The smallest absolute Gasteiger partial charge is 0.232 e. The van der Waals surface area contributed by atoms with E-state index in [0.29, 0.717) is 39.1 Å². The lowest BCUT2D eigenvalue weighted by Gasteiger charge is -2.38. The summed E-state index contributed by atoms with van der Waals surface area (Å²) in [4.78, 5) is 32.9. The fourth-order valence-electron chi connectivity index (χ4n) is 3.25. The maximum absolute atomic E-state index is 13.0. The highest BCUT2D eigenvalue weighted by molar-refractivity contribution is 5.87. The monoisotopic (exact) mass is 355 g/mol. The number of hydrogen-bond donors (Lipinski definition) is 0. The summed E-state index contributed by atoms with van der Waals surface area (Å²) < 4.78 is 1.65. The number of aromatic nitrogens is 3. The van der Waals surface area contributed by atoms with Gasteiger partial charge in [0, 0.05) is 32.6 Å². The molecule has 2 heterocycles. The molecule has 2 amide bonds. The Morgan fingerprint density at radius 2 is 1.69 bits per heavy atom. The van der Waals surface area contributed by atoms with E-state index < -0.39 is 5.41 Å². The molecular weight excluding hydrogens is 330 g/mol. The van der Waals surface area contributed by atoms with E-state index in [9.17, 15) is 9.59 Å². The molecule has 7 heteroatoms. The molecule has 0 atom stereocenters. The van der Waals surface area contributed by atoms with Gasteiger partial charge in [0.1, 0.15) is 12.7 Å². The molecule has 1 aliphatic rings. The average molecular weight is 355 g/mol. The fourth-order valence-corrected chi connectivity index (χ4v) is 3.25. The molecular formula is C19H25N5O2. The van der Waals surface area contributed by atoms with Crippen molar-refractivity contribution in [1.82, 2.24) is 24.6 Å². The van der Waals surface area contributed by atoms with Crippen LogP contribution < -0.4 is 0 Å². The van der Waals surface area contributed by atoms with Crippen molar-refractivity contribution in [3.63, 3.8) is 0 Å². The summed E-state index contributed by atoms with van der Waals surface area (Å²) in [6.45, 7) is 6.74. The number of hydrogen-bond acceptors (Lipinski definition) is 4. The van der Waals surface area contributed by atoms with Gasteiger partial charge in [-0.05, 0) is 19.4 Å². The van der Waals surface area contributed by atoms with Crippen LogP contribution in [0.5, 0.6) is 0 Å². The van der Waals surface area contributed by atoms with Crippen molar-refractivity contribution in [3.8, 4) is 0 Å². The van der Waals surface area contributed by atoms with E-state index in [-0.39, 0.29) is 11.8 Å². The minimum atomic E-state index is -0.569. The maximum atomic E-state index is 13.0. The van der Waals surface area contributed by atoms with Crippen LogP contribution in [0.25, 0.3) is 0 Å². The van der Waals surface area contributed by atoms with Crippen LogP contribution in [0.3, 0.4) is 0 Å². The SMILES string of the molecule is CC(C)(C(=O)N1CCN(C(=O)CCn2cncn2)CC1)c1ccccc1. The quantitative estimate of drug-likeness (QED) is 0.811. The second-order valence-corrected chi connectivity index (χ2v) is 7.07. The lowest BCUT2D eigenvalue weighted by molar-refractivity contribution is -0.142. The van der Waals surface area contributed by atoms with Gasteiger partial charge in [-0.15, -0.1) is 0 Å². The van der Waals surface area contributed by atoms with Gasteiger partial charge < -0.3 is 9.80 Å². The molecule has 0 spiro atoms. The van der Waals surface area contributed by atoms with Crippen molar-refractivity contribution in [2.24, 2.45) is 0 Å². The first-order valence-electron chi connectivity index (χ1n) is 8.93. The van der Waals surface area contributed by atoms with Crippen LogP contribution in [0.4, 0.5) is 0 Å². The van der Waals surface area contributed by atoms with Gasteiger partial charge in [0.25, 0.3) is 0 Å². The van der Waals surface area contributed by atoms with Gasteiger partial charge in [0.15, 0.2) is 0 Å². The Hall–Kier alpha value is -2.70. The highest BCUT2D eigenvalue weighted by atomic mass is 16.2. The van der Waals surface area contributed by atoms with Crippen LogP contribution in [0.15, 0.2) is 43.0 Å². The topological polar surface area (TPSA) is 71.3 Å². The summed E-state index contributed by atoms with van der Waals surface area (Å²) in [7, 11) is 0. The summed E-state index contributed by atoms with van der Waals surface area (Å²) in [6.07, 6.45) is 3.46. The largest absolute Gasteiger partial charge is 0.339 e. The Morgan fingerprint density at radius 1 is 1.04 bits per heavy atom. The van der Waals surface area contributed by atoms with Crippen LogP contribution in [0.1, 0.15) is 25.8 Å². The van der Waals surface area contributed by atoms with Crippen LogP contribution in [-0.4, -0.2) is 62.6 Å². The van der Waals surface area contributed by atoms with E-state index in [4.69, 9.17) is 0 Å². The molecule has 0 aliphatic carbocycles. The Kier molecular flexibility index (Phi) is 5.35. The normalized spacial score (nSPS) is 15.2. The summed E-state index contributed by atoms with van der Waals surface area (Å²) in [5.74, 6) is 0.202. The first kappa shape index (κ1) is 18.1. The van der Waals surface area contributed by atoms with Crippen LogP contribution in [0.2, 0.25) is 0 Å². The van der Waals surface area contributed by atoms with E-state index in [1.54, 1.807) is 11.0 Å². The van der Waals surface area contributed by atoms with Gasteiger partial charge in [-0.3, -0.25) is 14.3 Å².